The van der Waals surface area contributed by atoms with Crippen molar-refractivity contribution in [1.29, 1.82) is 0 Å². The van der Waals surface area contributed by atoms with Gasteiger partial charge in [-0.15, -0.1) is 0 Å². The molecule has 4 bridgehead atoms. The highest BCUT2D eigenvalue weighted by Crippen LogP contribution is 2.44. The summed E-state index contributed by atoms with van der Waals surface area (Å²) in [4.78, 5) is 0. The van der Waals surface area contributed by atoms with Crippen LogP contribution < -0.4 is 36.3 Å². The molecule has 0 aromatic heterocycles. The van der Waals surface area contributed by atoms with Gasteiger partial charge in [0.15, 0.2) is 16.6 Å². The molecule has 0 aliphatic carbocycles. The van der Waals surface area contributed by atoms with Crippen molar-refractivity contribution in [3.63, 3.8) is 0 Å². The first-order valence-electron chi connectivity index (χ1n) is 24.6. The molecule has 23 heteroatoms. The number of fused-ring (bicyclic) bond motifs is 3. The zero-order valence-corrected chi connectivity index (χ0v) is 53.0. The maximum absolute atomic E-state index is 8.35. The molecule has 13 nitrogen and oxygen atoms in total. The molecule has 6 unspecified atom stereocenters. The maximum Gasteiger partial charge on any atom is 0.522 e. The summed E-state index contributed by atoms with van der Waals surface area (Å²) in [5.41, 5.74) is 0. The van der Waals surface area contributed by atoms with E-state index in [1.54, 1.807) is 7.11 Å². The number of rotatable bonds is 14. The Morgan fingerprint density at radius 2 is 0.500 bits per heavy atom. The van der Waals surface area contributed by atoms with Crippen molar-refractivity contribution < 1.29 is 53.8 Å². The summed E-state index contributed by atoms with van der Waals surface area (Å²) in [6.07, 6.45) is 0. The molecule has 3 aliphatic heterocycles. The topological polar surface area (TPSA) is 120 Å². The molecule has 0 saturated carbocycles. The highest BCUT2D eigenvalue weighted by Gasteiger charge is 2.81. The van der Waals surface area contributed by atoms with E-state index >= 15 is 0 Å². The zero-order valence-electron chi connectivity index (χ0n) is 43.0. The average Bonchev–Trinajstić information content (AvgIpc) is 3.43. The predicted octanol–water partition coefficient (Wildman–Crippen LogP) is 6.17. The van der Waals surface area contributed by atoms with E-state index in [0.29, 0.717) is 36.3 Å². The van der Waals surface area contributed by atoms with Crippen molar-refractivity contribution >= 4 is 123 Å². The Labute approximate surface area is 445 Å². The molecule has 3 saturated heterocycles. The molecule has 384 valence electrons. The maximum atomic E-state index is 8.35. The third-order valence-electron chi connectivity index (χ3n) is 12.0. The summed E-state index contributed by atoms with van der Waals surface area (Å²) in [7, 11) is -40.5. The molecular formula is C51H62O13Si10. The van der Waals surface area contributed by atoms with E-state index in [1.165, 1.54) is 0 Å². The first kappa shape index (κ1) is 53.6. The van der Waals surface area contributed by atoms with Gasteiger partial charge in [-0.2, -0.15) is 0 Å². The Balaban J connectivity index is 1.44. The van der Waals surface area contributed by atoms with Crippen LogP contribution in [0.4, 0.5) is 0 Å². The molecule has 0 spiro atoms. The molecule has 7 atom stereocenters. The smallest absolute Gasteiger partial charge is 0.437 e. The lowest BCUT2D eigenvalue weighted by atomic mass is 10.4. The van der Waals surface area contributed by atoms with Gasteiger partial charge >= 0.3 is 70.2 Å². The Morgan fingerprint density at radius 1 is 0.270 bits per heavy atom. The average molecular weight is 1160 g/mol. The van der Waals surface area contributed by atoms with Gasteiger partial charge in [-0.05, 0) is 52.4 Å². The first-order chi connectivity index (χ1) is 35.3. The molecule has 0 amide bonds. The fourth-order valence-electron chi connectivity index (χ4n) is 9.35. The Kier molecular flexibility index (Phi) is 14.9. The molecule has 0 radical (unpaired) electrons. The van der Waals surface area contributed by atoms with Crippen molar-refractivity contribution in [3.8, 4) is 0 Å². The standard InChI is InChI=1S/C51H62O13Si10/c1-52-68(45-31-17-10-18-32-45)56-71(48-37-23-13-24-38-48)58-69(54-66(5,6)7,46-33-19-11-20-34-46)59-73(50-41-27-15-28-42-50)61-70(47-35-21-12-22-36-47,55-67(8,9)53-65(2,3)4)60-72(57-68,49-39-25-14-26-40-49)63-74(62-71,64-73)51-43-29-16-30-44-51/h10-44H,1-9H3/t68-,69?,70?,71?,72?,73?,74?/m1/s1. The van der Waals surface area contributed by atoms with Crippen LogP contribution in [0, 0.1) is 0 Å². The second-order valence-corrected chi connectivity index (χ2v) is 53.8. The van der Waals surface area contributed by atoms with Gasteiger partial charge in [-0.25, -0.2) is 0 Å². The van der Waals surface area contributed by atoms with Crippen molar-refractivity contribution in [2.24, 2.45) is 0 Å². The summed E-state index contributed by atoms with van der Waals surface area (Å²) >= 11 is 0. The van der Waals surface area contributed by atoms with E-state index in [4.69, 9.17) is 53.8 Å². The van der Waals surface area contributed by atoms with E-state index in [-0.39, 0.29) is 0 Å². The minimum Gasteiger partial charge on any atom is -0.437 e. The third-order valence-corrected chi connectivity index (χ3v) is 50.1. The SMILES string of the molecule is CO[Si@]1(c2ccccc2)O[Si]2(c3ccccc3)O[Si](O[Si](C)(C)C)(c3ccccc3)O[Si]3(c4ccccc4)O[Si](O[Si](C)(C)O[Si](C)(C)C)(c4ccccc4)O[Si](c4ccccc4)(O[Si](c4ccccc4)(O3)O2)O1. The van der Waals surface area contributed by atoms with Crippen LogP contribution in [0.1, 0.15) is 0 Å². The number of hydrogen-bond donors (Lipinski definition) is 0. The lowest BCUT2D eigenvalue weighted by molar-refractivity contribution is 0.0325. The summed E-state index contributed by atoms with van der Waals surface area (Å²) < 4.78 is 104. The van der Waals surface area contributed by atoms with Gasteiger partial charge < -0.3 is 53.8 Å². The van der Waals surface area contributed by atoms with E-state index < -0.39 is 86.8 Å². The van der Waals surface area contributed by atoms with Crippen LogP contribution in [0.15, 0.2) is 212 Å². The highest BCUT2D eigenvalue weighted by atomic mass is 28.6. The molecule has 7 aromatic rings. The van der Waals surface area contributed by atoms with Crippen molar-refractivity contribution in [2.45, 2.75) is 52.4 Å². The van der Waals surface area contributed by atoms with Crippen LogP contribution >= 0.6 is 0 Å². The fraction of sp³-hybridized carbons (Fsp3) is 0.176. The zero-order chi connectivity index (χ0) is 52.0. The van der Waals surface area contributed by atoms with E-state index in [2.05, 4.69) is 39.3 Å². The van der Waals surface area contributed by atoms with Gasteiger partial charge in [0.1, 0.15) is 0 Å². The van der Waals surface area contributed by atoms with Crippen LogP contribution in [0.25, 0.3) is 0 Å². The summed E-state index contributed by atoms with van der Waals surface area (Å²) in [5.74, 6) is 0. The van der Waals surface area contributed by atoms with Gasteiger partial charge in [0.05, 0.1) is 0 Å². The lowest BCUT2D eigenvalue weighted by Crippen LogP contribution is -2.91. The molecule has 3 aliphatic rings. The summed E-state index contributed by atoms with van der Waals surface area (Å²) in [5, 5.41) is 4.03. The van der Waals surface area contributed by atoms with Crippen LogP contribution in [-0.4, -0.2) is 93.9 Å². The molecule has 3 heterocycles. The predicted molar refractivity (Wildman–Crippen MR) is 307 cm³/mol. The van der Waals surface area contributed by atoms with Gasteiger partial charge in [-0.3, -0.25) is 0 Å². The van der Waals surface area contributed by atoms with Gasteiger partial charge in [-0.1, -0.05) is 212 Å². The second kappa shape index (κ2) is 20.5. The molecular weight excluding hydrogens is 1100 g/mol. The summed E-state index contributed by atoms with van der Waals surface area (Å²) in [6.45, 7) is 16.8. The van der Waals surface area contributed by atoms with E-state index in [1.807, 2.05) is 225 Å². The monoisotopic (exact) mass is 1160 g/mol. The number of hydrogen-bond acceptors (Lipinski definition) is 13. The molecule has 10 rings (SSSR count). The van der Waals surface area contributed by atoms with Crippen LogP contribution in [0.2, 0.25) is 52.4 Å². The second-order valence-electron chi connectivity index (χ2n) is 20.5. The molecule has 74 heavy (non-hydrogen) atoms. The molecule has 0 N–H and O–H groups in total. The third kappa shape index (κ3) is 10.8. The normalized spacial score (nSPS) is 29.5. The lowest BCUT2D eigenvalue weighted by Gasteiger charge is -2.58. The van der Waals surface area contributed by atoms with Gasteiger partial charge in [0.2, 0.25) is 0 Å². The Hall–Kier alpha value is -3.81. The Bertz CT molecular complexity index is 3000. The van der Waals surface area contributed by atoms with E-state index in [0.717, 1.165) is 0 Å². The van der Waals surface area contributed by atoms with Gasteiger partial charge in [0, 0.05) is 43.4 Å². The van der Waals surface area contributed by atoms with Crippen molar-refractivity contribution in [1.82, 2.24) is 0 Å². The van der Waals surface area contributed by atoms with Crippen molar-refractivity contribution in [2.75, 3.05) is 7.11 Å². The Morgan fingerprint density at radius 3 is 0.757 bits per heavy atom. The minimum absolute atomic E-state index is 0.552. The van der Waals surface area contributed by atoms with Crippen LogP contribution in [0.5, 0.6) is 0 Å². The number of benzene rings is 7. The molecule has 3 fully saturated rings. The van der Waals surface area contributed by atoms with Gasteiger partial charge in [0.25, 0.3) is 0 Å². The van der Waals surface area contributed by atoms with E-state index in [9.17, 15) is 0 Å². The fourth-order valence-corrected chi connectivity index (χ4v) is 59.2. The first-order valence-corrected chi connectivity index (χ1v) is 46.3. The van der Waals surface area contributed by atoms with Crippen LogP contribution in [0.3, 0.4) is 0 Å². The highest BCUT2D eigenvalue weighted by molar-refractivity contribution is 7.11. The van der Waals surface area contributed by atoms with Crippen LogP contribution in [-0.2, 0) is 53.8 Å². The summed E-state index contributed by atoms with van der Waals surface area (Å²) in [6, 6.07) is 67.8. The minimum atomic E-state index is -4.90. The molecule has 7 aromatic carbocycles. The van der Waals surface area contributed by atoms with Crippen molar-refractivity contribution in [3.05, 3.63) is 212 Å². The quantitative estimate of drug-likeness (QED) is 0.116. The largest absolute Gasteiger partial charge is 0.522 e.